The molecule has 1 aliphatic heterocycles. The summed E-state index contributed by atoms with van der Waals surface area (Å²) in [6.45, 7) is 4.24. The van der Waals surface area contributed by atoms with Crippen molar-refractivity contribution in [1.82, 2.24) is 5.06 Å². The highest BCUT2D eigenvalue weighted by Crippen LogP contribution is 2.47. The van der Waals surface area contributed by atoms with E-state index >= 15 is 0 Å². The molecule has 1 saturated carbocycles. The first-order chi connectivity index (χ1) is 10.2. The topological polar surface area (TPSA) is 35.5 Å². The molecule has 1 aliphatic carbocycles. The normalized spacial score (nSPS) is 24.2. The van der Waals surface area contributed by atoms with Crippen molar-refractivity contribution in [3.05, 3.63) is 35.9 Å². The molecule has 1 aromatic rings. The van der Waals surface area contributed by atoms with Gasteiger partial charge in [0.05, 0.1) is 11.3 Å². The quantitative estimate of drug-likeness (QED) is 0.813. The van der Waals surface area contributed by atoms with E-state index in [1.807, 2.05) is 18.2 Å². The standard InChI is InChI=1S/C18H25N2O/c1-3-17(4-2)16(15-11-7-5-8-12-15)19-18(20(17)21)13-9-6-10-14-18/h5,7-8,11-12H,3-4,6,9-10,13-14H2,1-2H3. The Kier molecular flexibility index (Phi) is 3.89. The fourth-order valence-corrected chi connectivity index (χ4v) is 4.09. The van der Waals surface area contributed by atoms with Gasteiger partial charge in [-0.1, -0.05) is 50.6 Å². The molecule has 1 radical (unpaired) electrons. The van der Waals surface area contributed by atoms with E-state index in [4.69, 9.17) is 4.99 Å². The Bertz CT molecular complexity index is 513. The van der Waals surface area contributed by atoms with E-state index in [0.29, 0.717) is 0 Å². The average Bonchev–Trinajstić information content (AvgIpc) is 2.79. The predicted octanol–water partition coefficient (Wildman–Crippen LogP) is 4.36. The summed E-state index contributed by atoms with van der Waals surface area (Å²) >= 11 is 0. The van der Waals surface area contributed by atoms with Crippen LogP contribution in [0.25, 0.3) is 0 Å². The minimum Gasteiger partial charge on any atom is -0.262 e. The first-order valence-corrected chi connectivity index (χ1v) is 8.32. The molecule has 0 bridgehead atoms. The third-order valence-corrected chi connectivity index (χ3v) is 5.40. The molecule has 3 rings (SSSR count). The summed E-state index contributed by atoms with van der Waals surface area (Å²) in [5.41, 5.74) is 1.20. The van der Waals surface area contributed by atoms with Gasteiger partial charge in [0.15, 0.2) is 0 Å². The molecule has 0 amide bonds. The van der Waals surface area contributed by atoms with Gasteiger partial charge < -0.3 is 0 Å². The fourth-order valence-electron chi connectivity index (χ4n) is 4.09. The minimum atomic E-state index is -0.491. The van der Waals surface area contributed by atoms with E-state index in [9.17, 15) is 5.21 Å². The molecule has 0 N–H and O–H groups in total. The smallest absolute Gasteiger partial charge is 0.140 e. The SMILES string of the molecule is CCC1(CC)C(c2ccccc2)=NC2(CCCCC2)N1[O]. The van der Waals surface area contributed by atoms with Crippen molar-refractivity contribution in [1.29, 1.82) is 0 Å². The second kappa shape index (κ2) is 5.54. The summed E-state index contributed by atoms with van der Waals surface area (Å²) in [5.74, 6) is 0. The van der Waals surface area contributed by atoms with Crippen LogP contribution in [0.3, 0.4) is 0 Å². The molecule has 0 aromatic heterocycles. The Balaban J connectivity index is 2.10. The van der Waals surface area contributed by atoms with Crippen molar-refractivity contribution < 1.29 is 5.21 Å². The summed E-state index contributed by atoms with van der Waals surface area (Å²) in [4.78, 5) is 5.06. The molecule has 1 aromatic carbocycles. The number of hydroxylamine groups is 2. The van der Waals surface area contributed by atoms with Crippen LogP contribution in [0.1, 0.15) is 64.4 Å². The van der Waals surface area contributed by atoms with Crippen molar-refractivity contribution in [2.75, 3.05) is 0 Å². The third-order valence-electron chi connectivity index (χ3n) is 5.40. The Hall–Kier alpha value is -1.19. The average molecular weight is 285 g/mol. The Morgan fingerprint density at radius 1 is 1.05 bits per heavy atom. The van der Waals surface area contributed by atoms with Gasteiger partial charge in [-0.25, -0.2) is 0 Å². The molecule has 113 valence electrons. The zero-order valence-electron chi connectivity index (χ0n) is 13.1. The Morgan fingerprint density at radius 3 is 2.24 bits per heavy atom. The maximum absolute atomic E-state index is 13.3. The van der Waals surface area contributed by atoms with E-state index in [1.165, 1.54) is 11.5 Å². The molecule has 1 fully saturated rings. The minimum absolute atomic E-state index is 0.446. The summed E-state index contributed by atoms with van der Waals surface area (Å²) < 4.78 is 0. The van der Waals surface area contributed by atoms with Crippen LogP contribution in [-0.2, 0) is 5.21 Å². The molecule has 0 saturated heterocycles. The number of nitrogens with zero attached hydrogens (tertiary/aromatic N) is 2. The van der Waals surface area contributed by atoms with Gasteiger partial charge in [0.25, 0.3) is 0 Å². The van der Waals surface area contributed by atoms with Crippen LogP contribution in [0.2, 0.25) is 0 Å². The number of benzene rings is 1. The highest BCUT2D eigenvalue weighted by atomic mass is 16.5. The van der Waals surface area contributed by atoms with Gasteiger partial charge >= 0.3 is 0 Å². The van der Waals surface area contributed by atoms with Gasteiger partial charge in [-0.15, -0.1) is 10.3 Å². The maximum atomic E-state index is 13.3. The zero-order valence-corrected chi connectivity index (χ0v) is 13.1. The van der Waals surface area contributed by atoms with Crippen molar-refractivity contribution in [2.24, 2.45) is 4.99 Å². The summed E-state index contributed by atoms with van der Waals surface area (Å²) in [7, 11) is 0. The van der Waals surface area contributed by atoms with Crippen LogP contribution in [0, 0.1) is 0 Å². The van der Waals surface area contributed by atoms with Gasteiger partial charge in [-0.2, -0.15) is 0 Å². The highest BCUT2D eigenvalue weighted by Gasteiger charge is 2.56. The Labute approximate surface area is 127 Å². The second-order valence-corrected chi connectivity index (χ2v) is 6.40. The molecule has 3 heteroatoms. The van der Waals surface area contributed by atoms with E-state index in [0.717, 1.165) is 49.8 Å². The van der Waals surface area contributed by atoms with E-state index in [-0.39, 0.29) is 0 Å². The summed E-state index contributed by atoms with van der Waals surface area (Å²) in [5, 5.41) is 14.6. The number of rotatable bonds is 3. The van der Waals surface area contributed by atoms with Crippen molar-refractivity contribution in [2.45, 2.75) is 70.0 Å². The van der Waals surface area contributed by atoms with E-state index in [1.54, 1.807) is 0 Å². The van der Waals surface area contributed by atoms with Crippen LogP contribution >= 0.6 is 0 Å². The third kappa shape index (κ3) is 2.14. The molecular formula is C18H25N2O. The van der Waals surface area contributed by atoms with Gasteiger partial charge in [-0.3, -0.25) is 4.99 Å². The number of hydrogen-bond donors (Lipinski definition) is 0. The predicted molar refractivity (Wildman–Crippen MR) is 84.6 cm³/mol. The molecular weight excluding hydrogens is 260 g/mol. The fraction of sp³-hybridized carbons (Fsp3) is 0.611. The summed E-state index contributed by atoms with van der Waals surface area (Å²) in [6.07, 6.45) is 6.94. The van der Waals surface area contributed by atoms with Crippen LogP contribution in [0.4, 0.5) is 0 Å². The monoisotopic (exact) mass is 285 g/mol. The van der Waals surface area contributed by atoms with E-state index < -0.39 is 11.2 Å². The van der Waals surface area contributed by atoms with Gasteiger partial charge in [0.2, 0.25) is 0 Å². The lowest BCUT2D eigenvalue weighted by Gasteiger charge is -2.41. The van der Waals surface area contributed by atoms with Gasteiger partial charge in [0.1, 0.15) is 5.66 Å². The number of hydrogen-bond acceptors (Lipinski definition) is 2. The molecule has 21 heavy (non-hydrogen) atoms. The van der Waals surface area contributed by atoms with Crippen LogP contribution < -0.4 is 0 Å². The molecule has 3 nitrogen and oxygen atoms in total. The van der Waals surface area contributed by atoms with Crippen molar-refractivity contribution >= 4 is 5.71 Å². The highest BCUT2D eigenvalue weighted by molar-refractivity contribution is 6.08. The molecule has 2 aliphatic rings. The lowest BCUT2D eigenvalue weighted by molar-refractivity contribution is -0.265. The first-order valence-electron chi connectivity index (χ1n) is 8.32. The lowest BCUT2D eigenvalue weighted by Crippen LogP contribution is -2.55. The molecule has 1 heterocycles. The lowest BCUT2D eigenvalue weighted by atomic mass is 9.82. The maximum Gasteiger partial charge on any atom is 0.140 e. The largest absolute Gasteiger partial charge is 0.262 e. The van der Waals surface area contributed by atoms with Crippen LogP contribution in [-0.4, -0.2) is 22.0 Å². The molecule has 0 unspecified atom stereocenters. The van der Waals surface area contributed by atoms with Gasteiger partial charge in [-0.05, 0) is 44.1 Å². The van der Waals surface area contributed by atoms with Crippen molar-refractivity contribution in [3.63, 3.8) is 0 Å². The van der Waals surface area contributed by atoms with Crippen molar-refractivity contribution in [3.8, 4) is 0 Å². The van der Waals surface area contributed by atoms with Crippen LogP contribution in [0.5, 0.6) is 0 Å². The van der Waals surface area contributed by atoms with E-state index in [2.05, 4.69) is 26.0 Å². The summed E-state index contributed by atoms with van der Waals surface area (Å²) in [6, 6.07) is 10.3. The molecule has 1 spiro atoms. The number of aliphatic imine (C=N–C) groups is 1. The first kappa shape index (κ1) is 14.7. The van der Waals surface area contributed by atoms with Crippen LogP contribution in [0.15, 0.2) is 35.3 Å². The Morgan fingerprint density at radius 2 is 1.67 bits per heavy atom. The second-order valence-electron chi connectivity index (χ2n) is 6.40. The zero-order chi connectivity index (χ0) is 14.9. The molecule has 0 atom stereocenters. The van der Waals surface area contributed by atoms with Gasteiger partial charge in [0, 0.05) is 0 Å².